The first-order valence-corrected chi connectivity index (χ1v) is 8.91. The summed E-state index contributed by atoms with van der Waals surface area (Å²) in [6.45, 7) is 0. The number of aromatic nitrogens is 1. The fraction of sp³-hybridized carbons (Fsp3) is 0.0526. The van der Waals surface area contributed by atoms with E-state index in [1.807, 2.05) is 29.6 Å². The number of carbonyl (C=O) groups excluding carboxylic acids is 1. The van der Waals surface area contributed by atoms with Crippen LogP contribution < -0.4 is 14.6 Å². The van der Waals surface area contributed by atoms with Gasteiger partial charge in [-0.1, -0.05) is 41.7 Å². The van der Waals surface area contributed by atoms with Gasteiger partial charge in [-0.15, -0.1) is 0 Å². The molecule has 0 unspecified atom stereocenters. The molecule has 0 radical (unpaired) electrons. The van der Waals surface area contributed by atoms with E-state index in [0.29, 0.717) is 27.8 Å². The van der Waals surface area contributed by atoms with Crippen LogP contribution in [0.2, 0.25) is 0 Å². The molecule has 1 aromatic heterocycles. The summed E-state index contributed by atoms with van der Waals surface area (Å²) in [6.07, 6.45) is 1.75. The number of thiazole rings is 1. The molecule has 7 nitrogen and oxygen atoms in total. The van der Waals surface area contributed by atoms with Crippen LogP contribution in [0.1, 0.15) is 5.56 Å². The van der Waals surface area contributed by atoms with Gasteiger partial charge in [0, 0.05) is 34.7 Å². The number of rotatable bonds is 4. The fourth-order valence-corrected chi connectivity index (χ4v) is 3.87. The molecule has 8 heteroatoms. The maximum Gasteiger partial charge on any atom is 0.379 e. The van der Waals surface area contributed by atoms with Crippen molar-refractivity contribution in [3.63, 3.8) is 0 Å². The molecule has 4 rings (SSSR count). The molecule has 0 spiro atoms. The van der Waals surface area contributed by atoms with Crippen LogP contribution in [0.4, 0.5) is 10.8 Å². The van der Waals surface area contributed by atoms with Crippen molar-refractivity contribution >= 4 is 39.8 Å². The van der Waals surface area contributed by atoms with Crippen molar-refractivity contribution in [3.05, 3.63) is 69.6 Å². The highest BCUT2D eigenvalue weighted by Crippen LogP contribution is 2.32. The maximum absolute atomic E-state index is 12.5. The number of methoxy groups -OCH3 is 1. The van der Waals surface area contributed by atoms with E-state index in [0.717, 1.165) is 5.56 Å². The van der Waals surface area contributed by atoms with Crippen molar-refractivity contribution in [3.8, 4) is 17.0 Å². The van der Waals surface area contributed by atoms with Crippen LogP contribution in [-0.4, -0.2) is 17.9 Å². The number of non-ortho nitro benzene ring substituents is 1. The summed E-state index contributed by atoms with van der Waals surface area (Å²) in [6, 6.07) is 13.7. The minimum atomic E-state index is -0.435. The number of nitro benzene ring substituents is 1. The molecule has 27 heavy (non-hydrogen) atoms. The van der Waals surface area contributed by atoms with Gasteiger partial charge in [0.05, 0.1) is 12.0 Å². The molecule has 1 N–H and O–H groups in total. The number of anilines is 1. The van der Waals surface area contributed by atoms with E-state index < -0.39 is 4.92 Å². The number of nitro groups is 1. The van der Waals surface area contributed by atoms with Gasteiger partial charge < -0.3 is 4.74 Å². The summed E-state index contributed by atoms with van der Waals surface area (Å²) >= 11 is 1.36. The first kappa shape index (κ1) is 16.9. The van der Waals surface area contributed by atoms with Crippen LogP contribution in [-0.2, 0) is 4.79 Å². The summed E-state index contributed by atoms with van der Waals surface area (Å²) < 4.78 is 7.14. The zero-order chi connectivity index (χ0) is 19.0. The molecular weight excluding hydrogens is 366 g/mol. The molecular formula is C19H14N3O4S+. The lowest BCUT2D eigenvalue weighted by molar-refractivity contribution is -0.539. The summed E-state index contributed by atoms with van der Waals surface area (Å²) in [5.74, 6) is 0.415. The van der Waals surface area contributed by atoms with Crippen molar-refractivity contribution in [2.45, 2.75) is 0 Å². The third kappa shape index (κ3) is 2.96. The van der Waals surface area contributed by atoms with E-state index in [4.69, 9.17) is 4.74 Å². The molecule has 0 saturated carbocycles. The largest absolute Gasteiger partial charge is 0.496 e. The van der Waals surface area contributed by atoms with Gasteiger partial charge in [0.25, 0.3) is 5.69 Å². The van der Waals surface area contributed by atoms with E-state index in [1.54, 1.807) is 29.9 Å². The number of hydrogen-bond acceptors (Lipinski definition) is 5. The minimum absolute atomic E-state index is 0.000547. The first-order chi connectivity index (χ1) is 13.1. The number of carbonyl (C=O) groups is 1. The van der Waals surface area contributed by atoms with Crippen LogP contribution in [0, 0.1) is 10.1 Å². The molecule has 0 saturated heterocycles. The molecule has 1 aliphatic rings. The summed E-state index contributed by atoms with van der Waals surface area (Å²) in [5.41, 5.74) is 2.56. The number of benzene rings is 2. The van der Waals surface area contributed by atoms with Crippen LogP contribution in [0.15, 0.2) is 53.9 Å². The van der Waals surface area contributed by atoms with Gasteiger partial charge >= 0.3 is 11.0 Å². The van der Waals surface area contributed by atoms with Gasteiger partial charge in [0.1, 0.15) is 5.75 Å². The Morgan fingerprint density at radius 2 is 2.04 bits per heavy atom. The highest BCUT2D eigenvalue weighted by Gasteiger charge is 2.38. The number of nitrogens with one attached hydrogen (secondary N) is 1. The number of hydrogen-bond donors (Lipinski definition) is 1. The van der Waals surface area contributed by atoms with E-state index in [9.17, 15) is 14.9 Å². The number of amides is 1. The molecule has 134 valence electrons. The summed E-state index contributed by atoms with van der Waals surface area (Å²) in [7, 11) is 1.57. The van der Waals surface area contributed by atoms with Gasteiger partial charge in [0.15, 0.2) is 5.69 Å². The second-order valence-corrected chi connectivity index (χ2v) is 6.65. The number of fused-ring (bicyclic) bond motifs is 1. The van der Waals surface area contributed by atoms with Gasteiger partial charge in [-0.3, -0.25) is 10.1 Å². The Bertz CT molecular complexity index is 1100. The van der Waals surface area contributed by atoms with Crippen molar-refractivity contribution < 1.29 is 19.0 Å². The van der Waals surface area contributed by atoms with E-state index in [2.05, 4.69) is 5.32 Å². The monoisotopic (exact) mass is 380 g/mol. The quantitative estimate of drug-likeness (QED) is 0.324. The third-order valence-corrected chi connectivity index (χ3v) is 5.05. The Kier molecular flexibility index (Phi) is 4.17. The second-order valence-electron chi connectivity index (χ2n) is 5.79. The van der Waals surface area contributed by atoms with Gasteiger partial charge in [0.2, 0.25) is 5.70 Å². The number of nitrogens with zero attached hydrogens (tertiary/aromatic N) is 2. The highest BCUT2D eigenvalue weighted by molar-refractivity contribution is 7.14. The average molecular weight is 380 g/mol. The molecule has 0 bridgehead atoms. The summed E-state index contributed by atoms with van der Waals surface area (Å²) in [5, 5.41) is 16.4. The SMILES string of the molecule is COc1ccccc1/C=C1\C(=O)Nc2scc(-c3cccc([N+](=O)[O-])c3)[n+]21. The zero-order valence-electron chi connectivity index (χ0n) is 14.2. The highest BCUT2D eigenvalue weighted by atomic mass is 32.1. The number of para-hydroxylation sites is 1. The Hall–Kier alpha value is -3.52. The Morgan fingerprint density at radius 1 is 1.22 bits per heavy atom. The fourth-order valence-electron chi connectivity index (χ4n) is 2.95. The zero-order valence-corrected chi connectivity index (χ0v) is 15.0. The molecule has 2 heterocycles. The van der Waals surface area contributed by atoms with Gasteiger partial charge in [-0.25, -0.2) is 4.79 Å². The molecule has 3 aromatic rings. The predicted molar refractivity (Wildman–Crippen MR) is 102 cm³/mol. The van der Waals surface area contributed by atoms with Crippen LogP contribution >= 0.6 is 11.3 Å². The van der Waals surface area contributed by atoms with E-state index in [1.165, 1.54) is 23.5 Å². The maximum atomic E-state index is 12.5. The lowest BCUT2D eigenvalue weighted by atomic mass is 10.1. The molecule has 2 aromatic carbocycles. The smallest absolute Gasteiger partial charge is 0.379 e. The van der Waals surface area contributed by atoms with Crippen LogP contribution in [0.25, 0.3) is 23.0 Å². The second kappa shape index (κ2) is 6.65. The van der Waals surface area contributed by atoms with Crippen molar-refractivity contribution in [1.82, 2.24) is 0 Å². The Balaban J connectivity index is 1.86. The van der Waals surface area contributed by atoms with E-state index >= 15 is 0 Å². The van der Waals surface area contributed by atoms with Crippen LogP contribution in [0.5, 0.6) is 5.75 Å². The molecule has 1 aliphatic heterocycles. The minimum Gasteiger partial charge on any atom is -0.496 e. The molecule has 0 aliphatic carbocycles. The van der Waals surface area contributed by atoms with Crippen molar-refractivity contribution in [2.75, 3.05) is 12.4 Å². The number of ether oxygens (including phenoxy) is 1. The standard InChI is InChI=1S/C19H13N3O4S/c1-26-17-8-3-2-5-13(17)10-15-18(23)20-19-21(15)16(11-27-19)12-6-4-7-14(9-12)22(24)25/h2-11H,1H3/p+1/b15-10+. The first-order valence-electron chi connectivity index (χ1n) is 8.03. The molecule has 0 fully saturated rings. The predicted octanol–water partition coefficient (Wildman–Crippen LogP) is 3.57. The average Bonchev–Trinajstić information content (AvgIpc) is 3.22. The summed E-state index contributed by atoms with van der Waals surface area (Å²) in [4.78, 5) is 23.2. The normalized spacial score (nSPS) is 14.1. The van der Waals surface area contributed by atoms with Crippen LogP contribution in [0.3, 0.4) is 0 Å². The lowest BCUT2D eigenvalue weighted by Gasteiger charge is -2.04. The van der Waals surface area contributed by atoms with Gasteiger partial charge in [-0.05, 0) is 6.07 Å². The van der Waals surface area contributed by atoms with Crippen molar-refractivity contribution in [1.29, 1.82) is 0 Å². The third-order valence-electron chi connectivity index (χ3n) is 4.20. The van der Waals surface area contributed by atoms with E-state index in [-0.39, 0.29) is 11.6 Å². The topological polar surface area (TPSA) is 85.3 Å². The Morgan fingerprint density at radius 3 is 2.81 bits per heavy atom. The lowest BCUT2D eigenvalue weighted by Crippen LogP contribution is -2.30. The van der Waals surface area contributed by atoms with Crippen molar-refractivity contribution in [2.24, 2.45) is 0 Å². The van der Waals surface area contributed by atoms with Gasteiger partial charge in [-0.2, -0.15) is 9.88 Å². The molecule has 1 amide bonds. The Labute approximate surface area is 158 Å². The molecule has 0 atom stereocenters.